The van der Waals surface area contributed by atoms with Crippen LogP contribution in [0, 0.1) is 0 Å². The van der Waals surface area contributed by atoms with E-state index in [9.17, 15) is 0 Å². The molecule has 3 nitrogen and oxygen atoms in total. The zero-order valence-electron chi connectivity index (χ0n) is 8.94. The van der Waals surface area contributed by atoms with Gasteiger partial charge < -0.3 is 0 Å². The summed E-state index contributed by atoms with van der Waals surface area (Å²) in [7, 11) is 0. The molecule has 4 heteroatoms. The van der Waals surface area contributed by atoms with E-state index in [1.165, 1.54) is 0 Å². The summed E-state index contributed by atoms with van der Waals surface area (Å²) in [5.41, 5.74) is 1.78. The Hall–Kier alpha value is -1.09. The molecule has 2 aromatic heterocycles. The Kier molecular flexibility index (Phi) is 2.91. The molecule has 80 valence electrons. The van der Waals surface area contributed by atoms with E-state index in [-0.39, 0.29) is 0 Å². The summed E-state index contributed by atoms with van der Waals surface area (Å²) in [4.78, 5) is 4.15. The fourth-order valence-electron chi connectivity index (χ4n) is 1.80. The van der Waals surface area contributed by atoms with Gasteiger partial charge in [-0.2, -0.15) is 5.10 Å². The Morgan fingerprint density at radius 1 is 1.40 bits per heavy atom. The molecule has 0 saturated carbocycles. The maximum Gasteiger partial charge on any atom is 0.154 e. The Morgan fingerprint density at radius 3 is 2.80 bits per heavy atom. The third-order valence-electron chi connectivity index (χ3n) is 2.74. The average molecular weight is 224 g/mol. The minimum absolute atomic E-state index is 0.435. The van der Waals surface area contributed by atoms with E-state index in [2.05, 4.69) is 23.9 Å². The van der Waals surface area contributed by atoms with Crippen LogP contribution in [0.2, 0.25) is 5.02 Å². The molecule has 0 aliphatic rings. The van der Waals surface area contributed by atoms with Gasteiger partial charge in [0.1, 0.15) is 0 Å². The molecule has 0 spiro atoms. The molecule has 0 aliphatic heterocycles. The van der Waals surface area contributed by atoms with Gasteiger partial charge in [0.2, 0.25) is 0 Å². The maximum absolute atomic E-state index is 6.20. The van der Waals surface area contributed by atoms with Gasteiger partial charge >= 0.3 is 0 Å². The van der Waals surface area contributed by atoms with Crippen LogP contribution >= 0.6 is 11.6 Å². The summed E-state index contributed by atoms with van der Waals surface area (Å²) < 4.78 is 1.78. The summed E-state index contributed by atoms with van der Waals surface area (Å²) >= 11 is 6.20. The molecular weight excluding hydrogens is 210 g/mol. The van der Waals surface area contributed by atoms with Gasteiger partial charge in [-0.05, 0) is 12.8 Å². The summed E-state index contributed by atoms with van der Waals surface area (Å²) in [5, 5.41) is 5.22. The number of rotatable bonds is 3. The molecule has 0 saturated heterocycles. The molecule has 0 atom stereocenters. The second-order valence-corrected chi connectivity index (χ2v) is 4.03. The van der Waals surface area contributed by atoms with Crippen molar-refractivity contribution < 1.29 is 0 Å². The number of fused-ring (bicyclic) bond motifs is 1. The molecule has 0 aromatic carbocycles. The van der Waals surface area contributed by atoms with Gasteiger partial charge in [-0.1, -0.05) is 25.4 Å². The van der Waals surface area contributed by atoms with Gasteiger partial charge in [-0.25, -0.2) is 9.50 Å². The third-order valence-corrected chi connectivity index (χ3v) is 3.04. The molecule has 0 radical (unpaired) electrons. The van der Waals surface area contributed by atoms with Crippen molar-refractivity contribution in [3.63, 3.8) is 0 Å². The van der Waals surface area contributed by atoms with E-state index in [0.29, 0.717) is 5.92 Å². The van der Waals surface area contributed by atoms with Crippen LogP contribution in [-0.2, 0) is 0 Å². The number of hydrogen-bond acceptors (Lipinski definition) is 2. The predicted molar refractivity (Wildman–Crippen MR) is 61.3 cm³/mol. The smallest absolute Gasteiger partial charge is 0.154 e. The van der Waals surface area contributed by atoms with Crippen LogP contribution in [0.4, 0.5) is 0 Å². The third kappa shape index (κ3) is 1.84. The summed E-state index contributed by atoms with van der Waals surface area (Å²) in [6, 6.07) is 1.88. The molecule has 0 fully saturated rings. The first kappa shape index (κ1) is 10.4. The molecule has 15 heavy (non-hydrogen) atoms. The van der Waals surface area contributed by atoms with Crippen molar-refractivity contribution in [2.75, 3.05) is 0 Å². The zero-order valence-corrected chi connectivity index (χ0v) is 9.70. The summed E-state index contributed by atoms with van der Waals surface area (Å²) in [6.45, 7) is 4.31. The molecule has 0 unspecified atom stereocenters. The standard InChI is InChI=1S/C11H14ClN3/c1-3-8(4-2)11-9(12)7-10-13-5-6-15(10)14-11/h5-8H,3-4H2,1-2H3. The van der Waals surface area contributed by atoms with Gasteiger partial charge in [-0.3, -0.25) is 0 Å². The molecule has 0 N–H and O–H groups in total. The second-order valence-electron chi connectivity index (χ2n) is 3.62. The first-order valence-corrected chi connectivity index (χ1v) is 5.63. The van der Waals surface area contributed by atoms with E-state index >= 15 is 0 Å². The molecule has 2 aromatic rings. The molecule has 2 heterocycles. The Balaban J connectivity index is 2.53. The highest BCUT2D eigenvalue weighted by Gasteiger charge is 2.14. The van der Waals surface area contributed by atoms with Crippen molar-refractivity contribution in [2.24, 2.45) is 0 Å². The van der Waals surface area contributed by atoms with Gasteiger partial charge in [-0.15, -0.1) is 0 Å². The lowest BCUT2D eigenvalue weighted by Gasteiger charge is -2.13. The van der Waals surface area contributed by atoms with Crippen molar-refractivity contribution in [1.29, 1.82) is 0 Å². The molecule has 2 rings (SSSR count). The highest BCUT2D eigenvalue weighted by molar-refractivity contribution is 6.31. The van der Waals surface area contributed by atoms with Crippen LogP contribution < -0.4 is 0 Å². The van der Waals surface area contributed by atoms with Crippen LogP contribution in [0.25, 0.3) is 5.65 Å². The number of hydrogen-bond donors (Lipinski definition) is 0. The quantitative estimate of drug-likeness (QED) is 0.800. The van der Waals surface area contributed by atoms with Crippen molar-refractivity contribution in [1.82, 2.24) is 14.6 Å². The van der Waals surface area contributed by atoms with Crippen molar-refractivity contribution in [3.05, 3.63) is 29.2 Å². The van der Waals surface area contributed by atoms with Crippen LogP contribution in [-0.4, -0.2) is 14.6 Å². The average Bonchev–Trinajstić information content (AvgIpc) is 2.67. The highest BCUT2D eigenvalue weighted by atomic mass is 35.5. The lowest BCUT2D eigenvalue weighted by molar-refractivity contribution is 0.608. The minimum atomic E-state index is 0.435. The SMILES string of the molecule is CCC(CC)c1nn2ccnc2cc1Cl. The normalized spacial score (nSPS) is 11.5. The summed E-state index contributed by atoms with van der Waals surface area (Å²) in [6.07, 6.45) is 5.69. The number of aromatic nitrogens is 3. The number of halogens is 1. The van der Waals surface area contributed by atoms with Crippen LogP contribution in [0.1, 0.15) is 38.3 Å². The fourth-order valence-corrected chi connectivity index (χ4v) is 2.09. The number of nitrogens with zero attached hydrogens (tertiary/aromatic N) is 3. The fraction of sp³-hybridized carbons (Fsp3) is 0.455. The monoisotopic (exact) mass is 223 g/mol. The van der Waals surface area contributed by atoms with Crippen molar-refractivity contribution in [2.45, 2.75) is 32.6 Å². The van der Waals surface area contributed by atoms with E-state index in [4.69, 9.17) is 11.6 Å². The first-order chi connectivity index (χ1) is 7.26. The highest BCUT2D eigenvalue weighted by Crippen LogP contribution is 2.27. The van der Waals surface area contributed by atoms with Gasteiger partial charge in [0.05, 0.1) is 10.7 Å². The van der Waals surface area contributed by atoms with Crippen LogP contribution in [0.3, 0.4) is 0 Å². The van der Waals surface area contributed by atoms with Gasteiger partial charge in [0.15, 0.2) is 5.65 Å². The number of imidazole rings is 1. The molecule has 0 aliphatic carbocycles. The second kappa shape index (κ2) is 4.19. The molecular formula is C11H14ClN3. The minimum Gasteiger partial charge on any atom is -0.235 e. The Labute approximate surface area is 94.1 Å². The first-order valence-electron chi connectivity index (χ1n) is 5.26. The topological polar surface area (TPSA) is 30.2 Å². The van der Waals surface area contributed by atoms with Gasteiger partial charge in [0.25, 0.3) is 0 Å². The Morgan fingerprint density at radius 2 is 2.13 bits per heavy atom. The lowest BCUT2D eigenvalue weighted by Crippen LogP contribution is -2.04. The zero-order chi connectivity index (χ0) is 10.8. The molecule has 0 bridgehead atoms. The largest absolute Gasteiger partial charge is 0.235 e. The van der Waals surface area contributed by atoms with Crippen LogP contribution in [0.15, 0.2) is 18.5 Å². The van der Waals surface area contributed by atoms with E-state index in [1.807, 2.05) is 12.3 Å². The summed E-state index contributed by atoms with van der Waals surface area (Å²) in [5.74, 6) is 0.435. The van der Waals surface area contributed by atoms with E-state index in [0.717, 1.165) is 29.2 Å². The molecule has 0 amide bonds. The lowest BCUT2D eigenvalue weighted by atomic mass is 9.99. The Bertz CT molecular complexity index is 460. The van der Waals surface area contributed by atoms with Crippen molar-refractivity contribution in [3.8, 4) is 0 Å². The van der Waals surface area contributed by atoms with Crippen molar-refractivity contribution >= 4 is 17.2 Å². The van der Waals surface area contributed by atoms with E-state index < -0.39 is 0 Å². The van der Waals surface area contributed by atoms with Gasteiger partial charge in [0, 0.05) is 24.4 Å². The van der Waals surface area contributed by atoms with Crippen LogP contribution in [0.5, 0.6) is 0 Å². The predicted octanol–water partition coefficient (Wildman–Crippen LogP) is 3.29. The maximum atomic E-state index is 6.20. The van der Waals surface area contributed by atoms with E-state index in [1.54, 1.807) is 10.7 Å².